The topological polar surface area (TPSA) is 79.1 Å². The van der Waals surface area contributed by atoms with Crippen LogP contribution in [0, 0.1) is 5.82 Å². The summed E-state index contributed by atoms with van der Waals surface area (Å²) in [5, 5.41) is 20.2. The predicted octanol–water partition coefficient (Wildman–Crippen LogP) is 2.90. The number of pyridine rings is 1. The number of halogens is 2. The summed E-state index contributed by atoms with van der Waals surface area (Å²) in [4.78, 5) is 11.6. The van der Waals surface area contributed by atoms with E-state index in [0.717, 1.165) is 0 Å². The molecule has 3 aromatic rings. The van der Waals surface area contributed by atoms with E-state index in [1.165, 1.54) is 30.6 Å². The molecule has 0 aliphatic carbocycles. The van der Waals surface area contributed by atoms with Crippen molar-refractivity contribution in [2.75, 3.05) is 0 Å². The lowest BCUT2D eigenvalue weighted by molar-refractivity contribution is 0.442. The molecule has 2 aromatic heterocycles. The van der Waals surface area contributed by atoms with Gasteiger partial charge < -0.3 is 10.2 Å². The van der Waals surface area contributed by atoms with E-state index in [1.807, 2.05) is 0 Å². The zero-order valence-electron chi connectivity index (χ0n) is 9.88. The summed E-state index contributed by atoms with van der Waals surface area (Å²) in [5.74, 6) is -1.68. The average Bonchev–Trinajstić information content (AvgIpc) is 2.42. The number of aromatic nitrogens is 3. The molecule has 0 aliphatic rings. The molecule has 100 valence electrons. The second kappa shape index (κ2) is 4.57. The van der Waals surface area contributed by atoms with Gasteiger partial charge in [-0.15, -0.1) is 0 Å². The molecule has 0 saturated heterocycles. The molecule has 0 unspecified atom stereocenters. The molecule has 0 amide bonds. The van der Waals surface area contributed by atoms with Crippen molar-refractivity contribution >= 4 is 22.8 Å². The molecule has 2 heterocycles. The fourth-order valence-electron chi connectivity index (χ4n) is 1.93. The Morgan fingerprint density at radius 3 is 2.55 bits per heavy atom. The minimum atomic E-state index is -0.687. The monoisotopic (exact) mass is 291 g/mol. The van der Waals surface area contributed by atoms with Crippen LogP contribution in [0.5, 0.6) is 11.6 Å². The van der Waals surface area contributed by atoms with Crippen LogP contribution in [-0.4, -0.2) is 25.2 Å². The number of aromatic hydroxyl groups is 2. The Kier molecular flexibility index (Phi) is 2.87. The van der Waals surface area contributed by atoms with Gasteiger partial charge in [-0.3, -0.25) is 0 Å². The minimum Gasteiger partial charge on any atom is -0.505 e. The van der Waals surface area contributed by atoms with Crippen molar-refractivity contribution in [2.45, 2.75) is 0 Å². The number of rotatable bonds is 1. The van der Waals surface area contributed by atoms with E-state index < -0.39 is 17.4 Å². The van der Waals surface area contributed by atoms with Gasteiger partial charge in [-0.05, 0) is 12.1 Å². The molecule has 3 rings (SSSR count). The Hall–Kier alpha value is -2.47. The SMILES string of the molecule is Oc1nc2nccnc2c(O)c1-c1c(F)cccc1Cl. The van der Waals surface area contributed by atoms with E-state index in [9.17, 15) is 14.6 Å². The third kappa shape index (κ3) is 1.81. The van der Waals surface area contributed by atoms with Crippen LogP contribution in [0.25, 0.3) is 22.3 Å². The summed E-state index contributed by atoms with van der Waals surface area (Å²) in [6, 6.07) is 4.03. The molecule has 20 heavy (non-hydrogen) atoms. The van der Waals surface area contributed by atoms with Crippen molar-refractivity contribution < 1.29 is 14.6 Å². The third-order valence-electron chi connectivity index (χ3n) is 2.79. The quantitative estimate of drug-likeness (QED) is 0.720. The van der Waals surface area contributed by atoms with Crippen LogP contribution < -0.4 is 0 Å². The van der Waals surface area contributed by atoms with Gasteiger partial charge in [0.2, 0.25) is 5.88 Å². The van der Waals surface area contributed by atoms with Crippen LogP contribution in [0.1, 0.15) is 0 Å². The van der Waals surface area contributed by atoms with Gasteiger partial charge in [-0.1, -0.05) is 17.7 Å². The highest BCUT2D eigenvalue weighted by Crippen LogP contribution is 2.43. The van der Waals surface area contributed by atoms with Crippen molar-refractivity contribution in [3.8, 4) is 22.8 Å². The van der Waals surface area contributed by atoms with Gasteiger partial charge >= 0.3 is 0 Å². The van der Waals surface area contributed by atoms with E-state index in [2.05, 4.69) is 15.0 Å². The largest absolute Gasteiger partial charge is 0.505 e. The predicted molar refractivity (Wildman–Crippen MR) is 71.1 cm³/mol. The minimum absolute atomic E-state index is 0.0423. The first-order chi connectivity index (χ1) is 9.59. The molecule has 7 heteroatoms. The molecule has 0 aliphatic heterocycles. The number of nitrogens with zero attached hydrogens (tertiary/aromatic N) is 3. The van der Waals surface area contributed by atoms with E-state index in [0.29, 0.717) is 0 Å². The average molecular weight is 292 g/mol. The number of hydrogen-bond acceptors (Lipinski definition) is 5. The van der Waals surface area contributed by atoms with Gasteiger partial charge in [0, 0.05) is 18.0 Å². The molecular formula is C13H7ClFN3O2. The maximum atomic E-state index is 13.9. The lowest BCUT2D eigenvalue weighted by Crippen LogP contribution is -1.94. The summed E-state index contributed by atoms with van der Waals surface area (Å²) in [6.07, 6.45) is 2.72. The van der Waals surface area contributed by atoms with Gasteiger partial charge in [0.05, 0.1) is 10.6 Å². The standard InChI is InChI=1S/C13H7ClFN3O2/c14-6-2-1-3-7(15)8(6)9-11(19)10-12(18-13(9)20)17-5-4-16-10/h1-5H,(H2,17,18,19,20). The molecule has 5 nitrogen and oxygen atoms in total. The molecule has 0 saturated carbocycles. The highest BCUT2D eigenvalue weighted by atomic mass is 35.5. The molecule has 0 atom stereocenters. The molecule has 0 fully saturated rings. The van der Waals surface area contributed by atoms with Gasteiger partial charge in [0.15, 0.2) is 16.9 Å². The normalized spacial score (nSPS) is 10.9. The van der Waals surface area contributed by atoms with Gasteiger partial charge in [0.1, 0.15) is 5.82 Å². The maximum Gasteiger partial charge on any atom is 0.225 e. The Balaban J connectivity index is 2.43. The summed E-state index contributed by atoms with van der Waals surface area (Å²) < 4.78 is 13.9. The Bertz CT molecular complexity index is 806. The van der Waals surface area contributed by atoms with Crippen LogP contribution in [-0.2, 0) is 0 Å². The third-order valence-corrected chi connectivity index (χ3v) is 3.10. The van der Waals surface area contributed by atoms with E-state index in [1.54, 1.807) is 0 Å². The first-order valence-electron chi connectivity index (χ1n) is 5.56. The molecular weight excluding hydrogens is 285 g/mol. The van der Waals surface area contributed by atoms with Crippen LogP contribution in [0.15, 0.2) is 30.6 Å². The van der Waals surface area contributed by atoms with E-state index in [4.69, 9.17) is 11.6 Å². The molecule has 2 N–H and O–H groups in total. The summed E-state index contributed by atoms with van der Waals surface area (Å²) in [5.41, 5.74) is -0.233. The van der Waals surface area contributed by atoms with Crippen molar-refractivity contribution in [1.82, 2.24) is 15.0 Å². The van der Waals surface area contributed by atoms with Crippen LogP contribution in [0.2, 0.25) is 5.02 Å². The zero-order valence-corrected chi connectivity index (χ0v) is 10.6. The number of benzene rings is 1. The summed E-state index contributed by atoms with van der Waals surface area (Å²) >= 11 is 5.93. The van der Waals surface area contributed by atoms with E-state index >= 15 is 0 Å². The second-order valence-electron chi connectivity index (χ2n) is 3.98. The summed E-state index contributed by atoms with van der Waals surface area (Å²) in [6.45, 7) is 0. The fraction of sp³-hybridized carbons (Fsp3) is 0. The smallest absolute Gasteiger partial charge is 0.225 e. The van der Waals surface area contributed by atoms with Crippen molar-refractivity contribution in [3.63, 3.8) is 0 Å². The summed E-state index contributed by atoms with van der Waals surface area (Å²) in [7, 11) is 0. The molecule has 0 bridgehead atoms. The highest BCUT2D eigenvalue weighted by Gasteiger charge is 2.22. The zero-order chi connectivity index (χ0) is 14.3. The fourth-order valence-corrected chi connectivity index (χ4v) is 2.18. The Labute approximate surface area is 117 Å². The van der Waals surface area contributed by atoms with Crippen LogP contribution in [0.4, 0.5) is 4.39 Å². The lowest BCUT2D eigenvalue weighted by atomic mass is 10.0. The first-order valence-corrected chi connectivity index (χ1v) is 5.94. The van der Waals surface area contributed by atoms with Crippen molar-refractivity contribution in [1.29, 1.82) is 0 Å². The molecule has 0 radical (unpaired) electrons. The van der Waals surface area contributed by atoms with Gasteiger partial charge in [-0.25, -0.2) is 14.4 Å². The van der Waals surface area contributed by atoms with Crippen LogP contribution >= 0.6 is 11.6 Å². The van der Waals surface area contributed by atoms with Crippen LogP contribution in [0.3, 0.4) is 0 Å². The van der Waals surface area contributed by atoms with Crippen molar-refractivity contribution in [2.24, 2.45) is 0 Å². The Morgan fingerprint density at radius 2 is 1.80 bits per heavy atom. The van der Waals surface area contributed by atoms with Gasteiger partial charge in [-0.2, -0.15) is 4.98 Å². The molecule has 0 spiro atoms. The number of hydrogen-bond donors (Lipinski definition) is 2. The Morgan fingerprint density at radius 1 is 1.05 bits per heavy atom. The highest BCUT2D eigenvalue weighted by molar-refractivity contribution is 6.33. The molecule has 1 aromatic carbocycles. The van der Waals surface area contributed by atoms with Gasteiger partial charge in [0.25, 0.3) is 0 Å². The first kappa shape index (κ1) is 12.6. The number of fused-ring (bicyclic) bond motifs is 1. The second-order valence-corrected chi connectivity index (χ2v) is 4.39. The van der Waals surface area contributed by atoms with Crippen molar-refractivity contribution in [3.05, 3.63) is 41.4 Å². The lowest BCUT2D eigenvalue weighted by Gasteiger charge is -2.10. The maximum absolute atomic E-state index is 13.9. The van der Waals surface area contributed by atoms with E-state index in [-0.39, 0.29) is 27.3 Å².